The Morgan fingerprint density at radius 2 is 1.97 bits per heavy atom. The number of nitrogens with zero attached hydrogens (tertiary/aromatic N) is 1. The number of carboxylic acid groups (broad SMARTS) is 1. The van der Waals surface area contributed by atoms with E-state index in [-0.39, 0.29) is 5.75 Å². The molecule has 0 amide bonds. The number of hydrogen-bond acceptors (Lipinski definition) is 6. The van der Waals surface area contributed by atoms with Crippen molar-refractivity contribution in [3.8, 4) is 45.4 Å². The minimum Gasteiger partial charge on any atom is -0.507 e. The Kier molecular flexibility index (Phi) is 5.70. The molecule has 0 spiro atoms. The molecule has 0 atom stereocenters. The molecule has 0 aliphatic carbocycles. The Balaban J connectivity index is 1.79. The summed E-state index contributed by atoms with van der Waals surface area (Å²) in [7, 11) is 0. The van der Waals surface area contributed by atoms with Gasteiger partial charge in [-0.05, 0) is 42.7 Å². The molecule has 2 heterocycles. The average molecular weight is 424 g/mol. The summed E-state index contributed by atoms with van der Waals surface area (Å²) >= 11 is 0. The second-order valence-corrected chi connectivity index (χ2v) is 7.34. The lowest BCUT2D eigenvalue weighted by Gasteiger charge is -2.19. The number of aromatic nitrogens is 2. The number of carbonyl (C=O) groups is 1. The van der Waals surface area contributed by atoms with Crippen LogP contribution < -0.4 is 14.2 Å². The number of hydrogen-bond donors (Lipinski definition) is 3. The van der Waals surface area contributed by atoms with E-state index < -0.39 is 12.6 Å². The summed E-state index contributed by atoms with van der Waals surface area (Å²) in [5.74, 6) is 0.619. The molecule has 0 saturated heterocycles. The second-order valence-electron chi connectivity index (χ2n) is 7.34. The van der Waals surface area contributed by atoms with E-state index in [1.807, 2.05) is 38.1 Å². The van der Waals surface area contributed by atoms with E-state index in [0.29, 0.717) is 48.1 Å². The molecule has 162 valence electrons. The quantitative estimate of drug-likeness (QED) is 0.526. The van der Waals surface area contributed by atoms with E-state index in [1.165, 1.54) is 6.07 Å². The molecule has 1 aromatic heterocycles. The number of aliphatic carboxylic acids is 1. The zero-order valence-corrected chi connectivity index (χ0v) is 17.4. The normalized spacial score (nSPS) is 12.6. The number of ether oxygens (including phenoxy) is 3. The van der Waals surface area contributed by atoms with Crippen LogP contribution >= 0.6 is 0 Å². The molecular formula is C23H24N2O6. The van der Waals surface area contributed by atoms with Crippen molar-refractivity contribution >= 4 is 5.97 Å². The fourth-order valence-electron chi connectivity index (χ4n) is 3.72. The highest BCUT2D eigenvalue weighted by Crippen LogP contribution is 2.42. The molecule has 31 heavy (non-hydrogen) atoms. The van der Waals surface area contributed by atoms with E-state index >= 15 is 0 Å². The first-order valence-corrected chi connectivity index (χ1v) is 10.1. The van der Waals surface area contributed by atoms with Crippen molar-refractivity contribution in [2.75, 3.05) is 19.8 Å². The molecule has 0 unspecified atom stereocenters. The van der Waals surface area contributed by atoms with Gasteiger partial charge in [-0.25, -0.2) is 4.79 Å². The van der Waals surface area contributed by atoms with Gasteiger partial charge in [0.25, 0.3) is 0 Å². The highest BCUT2D eigenvalue weighted by Gasteiger charge is 2.22. The molecule has 1 aliphatic rings. The number of phenols is 1. The molecule has 4 rings (SSSR count). The summed E-state index contributed by atoms with van der Waals surface area (Å²) in [4.78, 5) is 10.9. The third kappa shape index (κ3) is 4.14. The highest BCUT2D eigenvalue weighted by molar-refractivity contribution is 5.86. The van der Waals surface area contributed by atoms with Crippen LogP contribution in [0, 0.1) is 6.92 Å². The van der Waals surface area contributed by atoms with Gasteiger partial charge in [-0.2, -0.15) is 5.10 Å². The van der Waals surface area contributed by atoms with E-state index in [0.717, 1.165) is 28.8 Å². The first kappa shape index (κ1) is 20.6. The highest BCUT2D eigenvalue weighted by atomic mass is 16.6. The monoisotopic (exact) mass is 424 g/mol. The number of aryl methyl sites for hydroxylation is 2. The van der Waals surface area contributed by atoms with Crippen LogP contribution in [0.1, 0.15) is 24.6 Å². The lowest BCUT2D eigenvalue weighted by atomic mass is 9.96. The fraction of sp³-hybridized carbons (Fsp3) is 0.304. The fourth-order valence-corrected chi connectivity index (χ4v) is 3.72. The number of fused-ring (bicyclic) bond motifs is 1. The SMILES string of the molecule is CCCc1cc(-c2n[nH]c(C)c2-c2ccc3c(c2)OCCO3)c(O)cc1OCC(=O)O. The standard InChI is InChI=1S/C23H24N2O6/c1-3-4-14-9-16(17(26)11-19(14)31-12-21(27)28)23-22(13(2)24-25-23)15-5-6-18-20(10-15)30-8-7-29-18/h5-6,9-11,26H,3-4,7-8,12H2,1-2H3,(H,24,25)(H,27,28). The minimum absolute atomic E-state index is 0.0365. The van der Waals surface area contributed by atoms with E-state index in [9.17, 15) is 9.90 Å². The smallest absolute Gasteiger partial charge is 0.341 e. The van der Waals surface area contributed by atoms with Crippen LogP contribution in [0.3, 0.4) is 0 Å². The molecule has 3 aromatic rings. The molecular weight excluding hydrogens is 400 g/mol. The van der Waals surface area contributed by atoms with Crippen molar-refractivity contribution in [1.82, 2.24) is 10.2 Å². The molecule has 3 N–H and O–H groups in total. The summed E-state index contributed by atoms with van der Waals surface area (Å²) in [6.07, 6.45) is 1.51. The van der Waals surface area contributed by atoms with Gasteiger partial charge in [-0.3, -0.25) is 5.10 Å². The molecule has 8 heteroatoms. The average Bonchev–Trinajstić information content (AvgIpc) is 3.14. The van der Waals surface area contributed by atoms with Gasteiger partial charge in [0.1, 0.15) is 30.4 Å². The predicted molar refractivity (Wildman–Crippen MR) is 114 cm³/mol. The Morgan fingerprint density at radius 1 is 1.19 bits per heavy atom. The van der Waals surface area contributed by atoms with Crippen LogP contribution in [0.2, 0.25) is 0 Å². The molecule has 0 saturated carbocycles. The van der Waals surface area contributed by atoms with Crippen molar-refractivity contribution in [1.29, 1.82) is 0 Å². The maximum absolute atomic E-state index is 10.9. The number of aromatic hydroxyl groups is 1. The Hall–Kier alpha value is -3.68. The van der Waals surface area contributed by atoms with Crippen LogP contribution in [-0.2, 0) is 11.2 Å². The number of nitrogens with one attached hydrogen (secondary N) is 1. The molecule has 8 nitrogen and oxygen atoms in total. The van der Waals surface area contributed by atoms with E-state index in [2.05, 4.69) is 10.2 Å². The predicted octanol–water partition coefficient (Wildman–Crippen LogP) is 3.94. The first-order chi connectivity index (χ1) is 15.0. The number of rotatable bonds is 7. The lowest BCUT2D eigenvalue weighted by Crippen LogP contribution is -2.15. The number of carboxylic acids is 1. The van der Waals surface area contributed by atoms with Crippen LogP contribution in [0.15, 0.2) is 30.3 Å². The van der Waals surface area contributed by atoms with Gasteiger partial charge >= 0.3 is 5.97 Å². The van der Waals surface area contributed by atoms with Gasteiger partial charge in [0, 0.05) is 22.9 Å². The second kappa shape index (κ2) is 8.59. The van der Waals surface area contributed by atoms with E-state index in [4.69, 9.17) is 19.3 Å². The van der Waals surface area contributed by atoms with Crippen LogP contribution in [0.25, 0.3) is 22.4 Å². The van der Waals surface area contributed by atoms with Gasteiger partial charge in [0.15, 0.2) is 18.1 Å². The Bertz CT molecular complexity index is 1120. The molecule has 1 aliphatic heterocycles. The number of aromatic amines is 1. The number of benzene rings is 2. The Labute approximate surface area is 179 Å². The maximum atomic E-state index is 10.9. The lowest BCUT2D eigenvalue weighted by molar-refractivity contribution is -0.139. The van der Waals surface area contributed by atoms with Gasteiger partial charge in [0.2, 0.25) is 0 Å². The molecule has 2 aromatic carbocycles. The molecule has 0 fully saturated rings. The third-order valence-corrected chi connectivity index (χ3v) is 5.08. The third-order valence-electron chi connectivity index (χ3n) is 5.08. The van der Waals surface area contributed by atoms with E-state index in [1.54, 1.807) is 0 Å². The van der Waals surface area contributed by atoms with Gasteiger partial charge in [0.05, 0.1) is 0 Å². The van der Waals surface area contributed by atoms with Crippen molar-refractivity contribution < 1.29 is 29.2 Å². The van der Waals surface area contributed by atoms with Crippen molar-refractivity contribution in [2.45, 2.75) is 26.7 Å². The molecule has 0 radical (unpaired) electrons. The summed E-state index contributed by atoms with van der Waals surface area (Å²) in [6, 6.07) is 8.98. The van der Waals surface area contributed by atoms with Crippen LogP contribution in [0.4, 0.5) is 0 Å². The minimum atomic E-state index is -1.07. The van der Waals surface area contributed by atoms with Gasteiger partial charge < -0.3 is 24.4 Å². The number of phenolic OH excluding ortho intramolecular Hbond substituents is 1. The molecule has 0 bridgehead atoms. The summed E-state index contributed by atoms with van der Waals surface area (Å²) in [6.45, 7) is 4.47. The largest absolute Gasteiger partial charge is 0.507 e. The van der Waals surface area contributed by atoms with Crippen LogP contribution in [-0.4, -0.2) is 46.2 Å². The number of H-pyrrole nitrogens is 1. The van der Waals surface area contributed by atoms with Gasteiger partial charge in [-0.15, -0.1) is 0 Å². The summed E-state index contributed by atoms with van der Waals surface area (Å²) in [5.41, 5.74) is 4.51. The first-order valence-electron chi connectivity index (χ1n) is 10.1. The Morgan fingerprint density at radius 3 is 2.71 bits per heavy atom. The zero-order chi connectivity index (χ0) is 22.0. The van der Waals surface area contributed by atoms with Crippen LogP contribution in [0.5, 0.6) is 23.0 Å². The van der Waals surface area contributed by atoms with Crippen molar-refractivity contribution in [3.63, 3.8) is 0 Å². The van der Waals surface area contributed by atoms with Gasteiger partial charge in [-0.1, -0.05) is 19.4 Å². The topological polar surface area (TPSA) is 114 Å². The maximum Gasteiger partial charge on any atom is 0.341 e. The summed E-state index contributed by atoms with van der Waals surface area (Å²) < 4.78 is 16.7. The van der Waals surface area contributed by atoms with Crippen molar-refractivity contribution in [3.05, 3.63) is 41.6 Å². The zero-order valence-electron chi connectivity index (χ0n) is 17.4. The van der Waals surface area contributed by atoms with Crippen molar-refractivity contribution in [2.24, 2.45) is 0 Å². The summed E-state index contributed by atoms with van der Waals surface area (Å²) in [5, 5.41) is 27.1.